The Bertz CT molecular complexity index is 281. The summed E-state index contributed by atoms with van der Waals surface area (Å²) in [5.41, 5.74) is 0. The molecule has 0 radical (unpaired) electrons. The summed E-state index contributed by atoms with van der Waals surface area (Å²) in [5.74, 6) is 0.881. The lowest BCUT2D eigenvalue weighted by Gasteiger charge is -2.08. The van der Waals surface area contributed by atoms with Crippen LogP contribution in [0.1, 0.15) is 0 Å². The van der Waals surface area contributed by atoms with E-state index in [2.05, 4.69) is 21.2 Å². The predicted octanol–water partition coefficient (Wildman–Crippen LogP) is 2.06. The normalized spacial score (nSPS) is 10.3. The van der Waals surface area contributed by atoms with E-state index in [9.17, 15) is 0 Å². The van der Waals surface area contributed by atoms with Gasteiger partial charge >= 0.3 is 0 Å². The smallest absolute Gasteiger partial charge is 0.133 e. The first kappa shape index (κ1) is 12.5. The van der Waals surface area contributed by atoms with Gasteiger partial charge in [0.05, 0.1) is 11.1 Å². The average Bonchev–Trinajstić information content (AvgIpc) is 2.25. The summed E-state index contributed by atoms with van der Waals surface area (Å²) in [7, 11) is 1.69. The van der Waals surface area contributed by atoms with Crippen molar-refractivity contribution in [3.8, 4) is 5.75 Å². The molecular formula is C11H16BrNO2. The predicted molar refractivity (Wildman–Crippen MR) is 64.4 cm³/mol. The van der Waals surface area contributed by atoms with E-state index in [1.807, 2.05) is 24.3 Å². The highest BCUT2D eigenvalue weighted by atomic mass is 79.9. The Hall–Kier alpha value is -0.580. The Kier molecular flexibility index (Phi) is 6.39. The molecule has 1 aromatic rings. The Balaban J connectivity index is 2.12. The number of benzene rings is 1. The van der Waals surface area contributed by atoms with Gasteiger partial charge in [0.2, 0.25) is 0 Å². The number of hydrogen-bond donors (Lipinski definition) is 1. The summed E-state index contributed by atoms with van der Waals surface area (Å²) in [5, 5.41) is 3.21. The lowest BCUT2D eigenvalue weighted by atomic mass is 10.3. The molecule has 0 fully saturated rings. The van der Waals surface area contributed by atoms with Gasteiger partial charge in [-0.05, 0) is 28.1 Å². The summed E-state index contributed by atoms with van der Waals surface area (Å²) in [6.45, 7) is 3.07. The second-order valence-corrected chi connectivity index (χ2v) is 3.88. The van der Waals surface area contributed by atoms with E-state index < -0.39 is 0 Å². The van der Waals surface area contributed by atoms with Crippen LogP contribution in [0.15, 0.2) is 28.7 Å². The molecule has 0 aliphatic carbocycles. The minimum Gasteiger partial charge on any atom is -0.491 e. The third kappa shape index (κ3) is 5.16. The lowest BCUT2D eigenvalue weighted by molar-refractivity contribution is 0.196. The fourth-order valence-corrected chi connectivity index (χ4v) is 1.49. The molecule has 0 unspecified atom stereocenters. The number of nitrogens with one attached hydrogen (secondary N) is 1. The second-order valence-electron chi connectivity index (χ2n) is 3.02. The molecule has 0 atom stereocenters. The molecule has 0 saturated carbocycles. The van der Waals surface area contributed by atoms with Gasteiger partial charge in [-0.1, -0.05) is 12.1 Å². The van der Waals surface area contributed by atoms with Crippen LogP contribution in [0.3, 0.4) is 0 Å². The third-order valence-electron chi connectivity index (χ3n) is 1.86. The van der Waals surface area contributed by atoms with E-state index in [0.717, 1.165) is 29.9 Å². The molecule has 0 heterocycles. The number of hydrogen-bond acceptors (Lipinski definition) is 3. The number of halogens is 1. The molecule has 0 saturated heterocycles. The van der Waals surface area contributed by atoms with Crippen molar-refractivity contribution in [3.05, 3.63) is 28.7 Å². The molecule has 1 rings (SSSR count). The summed E-state index contributed by atoms with van der Waals surface area (Å²) in [4.78, 5) is 0. The summed E-state index contributed by atoms with van der Waals surface area (Å²) >= 11 is 3.42. The average molecular weight is 274 g/mol. The van der Waals surface area contributed by atoms with Gasteiger partial charge in [0, 0.05) is 20.2 Å². The molecule has 15 heavy (non-hydrogen) atoms. The number of rotatable bonds is 7. The number of methoxy groups -OCH3 is 1. The summed E-state index contributed by atoms with van der Waals surface area (Å²) in [6.07, 6.45) is 0. The Morgan fingerprint density at radius 3 is 2.67 bits per heavy atom. The van der Waals surface area contributed by atoms with Crippen molar-refractivity contribution in [1.82, 2.24) is 5.32 Å². The van der Waals surface area contributed by atoms with Crippen LogP contribution in [-0.4, -0.2) is 33.4 Å². The van der Waals surface area contributed by atoms with Crippen LogP contribution in [0.5, 0.6) is 5.75 Å². The molecule has 3 nitrogen and oxygen atoms in total. The van der Waals surface area contributed by atoms with Crippen molar-refractivity contribution in [2.75, 3.05) is 33.4 Å². The zero-order valence-electron chi connectivity index (χ0n) is 8.83. The summed E-state index contributed by atoms with van der Waals surface area (Å²) < 4.78 is 11.5. The van der Waals surface area contributed by atoms with Crippen molar-refractivity contribution in [2.24, 2.45) is 0 Å². The lowest BCUT2D eigenvalue weighted by Crippen LogP contribution is -2.24. The zero-order chi connectivity index (χ0) is 10.9. The molecule has 84 valence electrons. The first-order chi connectivity index (χ1) is 7.34. The monoisotopic (exact) mass is 273 g/mol. The second kappa shape index (κ2) is 7.68. The molecule has 0 amide bonds. The summed E-state index contributed by atoms with van der Waals surface area (Å²) in [6, 6.07) is 7.83. The van der Waals surface area contributed by atoms with E-state index in [4.69, 9.17) is 9.47 Å². The van der Waals surface area contributed by atoms with Crippen molar-refractivity contribution < 1.29 is 9.47 Å². The van der Waals surface area contributed by atoms with Crippen molar-refractivity contribution in [1.29, 1.82) is 0 Å². The molecule has 0 bridgehead atoms. The van der Waals surface area contributed by atoms with Crippen molar-refractivity contribution in [2.45, 2.75) is 0 Å². The van der Waals surface area contributed by atoms with E-state index in [1.165, 1.54) is 0 Å². The van der Waals surface area contributed by atoms with Crippen LogP contribution in [0, 0.1) is 0 Å². The Morgan fingerprint density at radius 1 is 1.20 bits per heavy atom. The van der Waals surface area contributed by atoms with Gasteiger partial charge < -0.3 is 14.8 Å². The highest BCUT2D eigenvalue weighted by Crippen LogP contribution is 2.23. The van der Waals surface area contributed by atoms with Gasteiger partial charge in [-0.25, -0.2) is 0 Å². The van der Waals surface area contributed by atoms with Crippen LogP contribution in [-0.2, 0) is 4.74 Å². The third-order valence-corrected chi connectivity index (χ3v) is 2.51. The fourth-order valence-electron chi connectivity index (χ4n) is 1.09. The SMILES string of the molecule is COCCNCCOc1ccccc1Br. The largest absolute Gasteiger partial charge is 0.491 e. The molecule has 0 aliphatic rings. The number of ether oxygens (including phenoxy) is 2. The highest BCUT2D eigenvalue weighted by Gasteiger charge is 1.97. The highest BCUT2D eigenvalue weighted by molar-refractivity contribution is 9.10. The Morgan fingerprint density at radius 2 is 1.93 bits per heavy atom. The van der Waals surface area contributed by atoms with Crippen LogP contribution in [0.2, 0.25) is 0 Å². The zero-order valence-corrected chi connectivity index (χ0v) is 10.4. The number of para-hydroxylation sites is 1. The molecule has 0 aromatic heterocycles. The van der Waals surface area contributed by atoms with E-state index in [-0.39, 0.29) is 0 Å². The molecule has 4 heteroatoms. The van der Waals surface area contributed by atoms with Gasteiger partial charge in [0.1, 0.15) is 12.4 Å². The van der Waals surface area contributed by atoms with E-state index in [0.29, 0.717) is 6.61 Å². The molecular weight excluding hydrogens is 258 g/mol. The van der Waals surface area contributed by atoms with Crippen molar-refractivity contribution >= 4 is 15.9 Å². The fraction of sp³-hybridized carbons (Fsp3) is 0.455. The topological polar surface area (TPSA) is 30.5 Å². The van der Waals surface area contributed by atoms with Crippen LogP contribution < -0.4 is 10.1 Å². The minimum atomic E-state index is 0.659. The van der Waals surface area contributed by atoms with Gasteiger partial charge in [-0.15, -0.1) is 0 Å². The van der Waals surface area contributed by atoms with Gasteiger partial charge in [0.25, 0.3) is 0 Å². The maximum atomic E-state index is 5.57. The first-order valence-corrected chi connectivity index (χ1v) is 5.71. The Labute approximate surface area is 98.9 Å². The van der Waals surface area contributed by atoms with Crippen LogP contribution in [0.25, 0.3) is 0 Å². The van der Waals surface area contributed by atoms with Crippen LogP contribution in [0.4, 0.5) is 0 Å². The van der Waals surface area contributed by atoms with Crippen molar-refractivity contribution in [3.63, 3.8) is 0 Å². The molecule has 1 aromatic carbocycles. The molecule has 0 spiro atoms. The van der Waals surface area contributed by atoms with Gasteiger partial charge in [-0.3, -0.25) is 0 Å². The van der Waals surface area contributed by atoms with Crippen LogP contribution >= 0.6 is 15.9 Å². The molecule has 0 aliphatic heterocycles. The quantitative estimate of drug-likeness (QED) is 0.772. The van der Waals surface area contributed by atoms with Gasteiger partial charge in [-0.2, -0.15) is 0 Å². The molecule has 1 N–H and O–H groups in total. The first-order valence-electron chi connectivity index (χ1n) is 4.91. The van der Waals surface area contributed by atoms with E-state index >= 15 is 0 Å². The van der Waals surface area contributed by atoms with E-state index in [1.54, 1.807) is 7.11 Å². The standard InChI is InChI=1S/C11H16BrNO2/c1-14-8-6-13-7-9-15-11-5-3-2-4-10(11)12/h2-5,13H,6-9H2,1H3. The minimum absolute atomic E-state index is 0.659. The maximum Gasteiger partial charge on any atom is 0.133 e. The maximum absolute atomic E-state index is 5.57. The van der Waals surface area contributed by atoms with Gasteiger partial charge in [0.15, 0.2) is 0 Å².